The predicted octanol–water partition coefficient (Wildman–Crippen LogP) is 1.57. The van der Waals surface area contributed by atoms with Crippen LogP contribution in [0, 0.1) is 0 Å². The fourth-order valence-electron chi connectivity index (χ4n) is 2.24. The standard InChI is InChI=1S/C15H24N4O2/c1-15(2,3)12-7-10(8-13(18-12)19-16)14(20)17-11-5-4-6-21-9-11/h7-8,11H,4-6,9,16H2,1-3H3,(H,17,20)(H,18,19). The highest BCUT2D eigenvalue weighted by Gasteiger charge is 2.21. The molecule has 0 bridgehead atoms. The molecule has 1 atom stereocenters. The van der Waals surface area contributed by atoms with Crippen LogP contribution < -0.4 is 16.6 Å². The van der Waals surface area contributed by atoms with Crippen LogP contribution in [0.1, 0.15) is 49.7 Å². The first-order valence-electron chi connectivity index (χ1n) is 7.28. The Hall–Kier alpha value is -1.66. The molecule has 1 aliphatic rings. The third kappa shape index (κ3) is 4.15. The maximum absolute atomic E-state index is 12.4. The first kappa shape index (κ1) is 15.7. The van der Waals surface area contributed by atoms with E-state index >= 15 is 0 Å². The fourth-order valence-corrected chi connectivity index (χ4v) is 2.24. The Morgan fingerprint density at radius 1 is 1.43 bits per heavy atom. The van der Waals surface area contributed by atoms with Crippen LogP contribution in [0.3, 0.4) is 0 Å². The minimum absolute atomic E-state index is 0.0757. The molecule has 2 heterocycles. The third-order valence-electron chi connectivity index (χ3n) is 3.50. The Morgan fingerprint density at radius 2 is 2.19 bits per heavy atom. The molecule has 0 radical (unpaired) electrons. The molecule has 1 fully saturated rings. The number of carbonyl (C=O) groups is 1. The summed E-state index contributed by atoms with van der Waals surface area (Å²) in [6, 6.07) is 3.56. The summed E-state index contributed by atoms with van der Waals surface area (Å²) in [4.78, 5) is 16.8. The van der Waals surface area contributed by atoms with E-state index in [4.69, 9.17) is 10.6 Å². The van der Waals surface area contributed by atoms with Crippen molar-refractivity contribution in [3.8, 4) is 0 Å². The average molecular weight is 292 g/mol. The number of anilines is 1. The monoisotopic (exact) mass is 292 g/mol. The van der Waals surface area contributed by atoms with E-state index in [-0.39, 0.29) is 17.4 Å². The maximum atomic E-state index is 12.4. The summed E-state index contributed by atoms with van der Waals surface area (Å²) in [5, 5.41) is 3.00. The molecule has 0 spiro atoms. The second-order valence-electron chi connectivity index (χ2n) is 6.41. The minimum atomic E-state index is -0.157. The number of ether oxygens (including phenoxy) is 1. The van der Waals surface area contributed by atoms with E-state index in [1.165, 1.54) is 0 Å². The van der Waals surface area contributed by atoms with Crippen molar-refractivity contribution in [1.29, 1.82) is 0 Å². The zero-order valence-electron chi connectivity index (χ0n) is 12.9. The minimum Gasteiger partial charge on any atom is -0.379 e. The van der Waals surface area contributed by atoms with Gasteiger partial charge >= 0.3 is 0 Å². The number of nitrogen functional groups attached to an aromatic ring is 1. The van der Waals surface area contributed by atoms with Crippen molar-refractivity contribution < 1.29 is 9.53 Å². The van der Waals surface area contributed by atoms with Crippen molar-refractivity contribution in [2.45, 2.75) is 45.1 Å². The second kappa shape index (κ2) is 6.41. The van der Waals surface area contributed by atoms with E-state index in [0.717, 1.165) is 25.1 Å². The summed E-state index contributed by atoms with van der Waals surface area (Å²) in [6.07, 6.45) is 1.93. The number of hydrogen-bond donors (Lipinski definition) is 3. The number of carbonyl (C=O) groups excluding carboxylic acids is 1. The summed E-state index contributed by atoms with van der Waals surface area (Å²) < 4.78 is 5.38. The van der Waals surface area contributed by atoms with Gasteiger partial charge in [0.2, 0.25) is 0 Å². The number of nitrogens with one attached hydrogen (secondary N) is 2. The second-order valence-corrected chi connectivity index (χ2v) is 6.41. The highest BCUT2D eigenvalue weighted by atomic mass is 16.5. The van der Waals surface area contributed by atoms with Crippen molar-refractivity contribution in [3.05, 3.63) is 23.4 Å². The van der Waals surface area contributed by atoms with E-state index in [9.17, 15) is 4.79 Å². The fraction of sp³-hybridized carbons (Fsp3) is 0.600. The zero-order chi connectivity index (χ0) is 15.5. The van der Waals surface area contributed by atoms with Crippen molar-refractivity contribution >= 4 is 11.7 Å². The summed E-state index contributed by atoms with van der Waals surface area (Å²) >= 11 is 0. The van der Waals surface area contributed by atoms with Gasteiger partial charge in [0.15, 0.2) is 0 Å². The number of hydrazine groups is 1. The van der Waals surface area contributed by atoms with Crippen LogP contribution in [0.4, 0.5) is 5.82 Å². The van der Waals surface area contributed by atoms with Crippen LogP contribution in [0.2, 0.25) is 0 Å². The van der Waals surface area contributed by atoms with Crippen LogP contribution in [0.5, 0.6) is 0 Å². The van der Waals surface area contributed by atoms with Gasteiger partial charge in [-0.1, -0.05) is 20.8 Å². The molecule has 6 nitrogen and oxygen atoms in total. The molecule has 1 saturated heterocycles. The number of rotatable bonds is 3. The molecule has 1 aliphatic heterocycles. The van der Waals surface area contributed by atoms with Crippen molar-refractivity contribution in [1.82, 2.24) is 10.3 Å². The van der Waals surface area contributed by atoms with Crippen LogP contribution in [0.15, 0.2) is 12.1 Å². The molecule has 1 aromatic heterocycles. The number of nitrogens with two attached hydrogens (primary N) is 1. The summed E-state index contributed by atoms with van der Waals surface area (Å²) in [5.41, 5.74) is 3.75. The molecule has 4 N–H and O–H groups in total. The van der Waals surface area contributed by atoms with Crippen molar-refractivity contribution in [2.75, 3.05) is 18.6 Å². The molecule has 0 aliphatic carbocycles. The van der Waals surface area contributed by atoms with E-state index < -0.39 is 0 Å². The molecule has 1 amide bonds. The third-order valence-corrected chi connectivity index (χ3v) is 3.50. The van der Waals surface area contributed by atoms with Gasteiger partial charge in [0.1, 0.15) is 5.82 Å². The van der Waals surface area contributed by atoms with Gasteiger partial charge in [-0.15, -0.1) is 0 Å². The maximum Gasteiger partial charge on any atom is 0.251 e. The molecule has 21 heavy (non-hydrogen) atoms. The lowest BCUT2D eigenvalue weighted by molar-refractivity contribution is 0.0624. The van der Waals surface area contributed by atoms with E-state index in [1.54, 1.807) is 6.07 Å². The summed E-state index contributed by atoms with van der Waals surface area (Å²) in [5.74, 6) is 5.83. The molecule has 0 aromatic carbocycles. The van der Waals surface area contributed by atoms with Gasteiger partial charge in [0.25, 0.3) is 5.91 Å². The first-order chi connectivity index (χ1) is 9.90. The predicted molar refractivity (Wildman–Crippen MR) is 82.1 cm³/mol. The Bertz CT molecular complexity index is 505. The highest BCUT2D eigenvalue weighted by molar-refractivity contribution is 5.95. The topological polar surface area (TPSA) is 89.3 Å². The van der Waals surface area contributed by atoms with Crippen LogP contribution in [-0.2, 0) is 10.2 Å². The van der Waals surface area contributed by atoms with Gasteiger partial charge in [-0.3, -0.25) is 4.79 Å². The zero-order valence-corrected chi connectivity index (χ0v) is 12.9. The van der Waals surface area contributed by atoms with Gasteiger partial charge < -0.3 is 15.5 Å². The molecule has 1 unspecified atom stereocenters. The Kier molecular flexibility index (Phi) is 4.80. The van der Waals surface area contributed by atoms with E-state index in [0.29, 0.717) is 18.0 Å². The summed E-state index contributed by atoms with van der Waals surface area (Å²) in [7, 11) is 0. The SMILES string of the molecule is CC(C)(C)c1cc(C(=O)NC2CCCOC2)cc(NN)n1. The molecule has 0 saturated carbocycles. The summed E-state index contributed by atoms with van der Waals surface area (Å²) in [6.45, 7) is 7.49. The molecule has 2 rings (SSSR count). The van der Waals surface area contributed by atoms with Gasteiger partial charge in [0, 0.05) is 23.3 Å². The Morgan fingerprint density at radius 3 is 2.76 bits per heavy atom. The number of nitrogens with zero attached hydrogens (tertiary/aromatic N) is 1. The lowest BCUT2D eigenvalue weighted by Gasteiger charge is -2.24. The molecular weight excluding hydrogens is 268 g/mol. The number of aromatic nitrogens is 1. The average Bonchev–Trinajstić information content (AvgIpc) is 2.46. The van der Waals surface area contributed by atoms with Crippen molar-refractivity contribution in [3.63, 3.8) is 0 Å². The lowest BCUT2D eigenvalue weighted by atomic mass is 9.90. The molecule has 6 heteroatoms. The number of hydrogen-bond acceptors (Lipinski definition) is 5. The number of amides is 1. The van der Waals surface area contributed by atoms with E-state index in [1.807, 2.05) is 26.8 Å². The van der Waals surface area contributed by atoms with Crippen LogP contribution in [0.25, 0.3) is 0 Å². The normalized spacial score (nSPS) is 19.1. The van der Waals surface area contributed by atoms with Crippen molar-refractivity contribution in [2.24, 2.45) is 5.84 Å². The van der Waals surface area contributed by atoms with Gasteiger partial charge in [-0.05, 0) is 25.0 Å². The highest BCUT2D eigenvalue weighted by Crippen LogP contribution is 2.23. The van der Waals surface area contributed by atoms with Gasteiger partial charge in [-0.25, -0.2) is 10.8 Å². The smallest absolute Gasteiger partial charge is 0.251 e. The van der Waals surface area contributed by atoms with Crippen LogP contribution >= 0.6 is 0 Å². The largest absolute Gasteiger partial charge is 0.379 e. The van der Waals surface area contributed by atoms with Gasteiger partial charge in [-0.2, -0.15) is 0 Å². The van der Waals surface area contributed by atoms with Crippen LogP contribution in [-0.4, -0.2) is 30.1 Å². The quantitative estimate of drug-likeness (QED) is 0.581. The Labute approximate surface area is 125 Å². The Balaban J connectivity index is 2.19. The lowest BCUT2D eigenvalue weighted by Crippen LogP contribution is -2.40. The van der Waals surface area contributed by atoms with Gasteiger partial charge in [0.05, 0.1) is 12.6 Å². The molecular formula is C15H24N4O2. The molecule has 116 valence electrons. The number of pyridine rings is 1. The molecule has 1 aromatic rings. The van der Waals surface area contributed by atoms with E-state index in [2.05, 4.69) is 15.7 Å². The first-order valence-corrected chi connectivity index (χ1v) is 7.28.